The molecule has 2 rings (SSSR count). The molecule has 3 atom stereocenters. The van der Waals surface area contributed by atoms with Crippen molar-refractivity contribution in [2.75, 3.05) is 5.75 Å². The van der Waals surface area contributed by atoms with Crippen molar-refractivity contribution in [2.24, 2.45) is 5.73 Å². The Hall–Kier alpha value is -0.970. The number of nitrogens with two attached hydrogens (primary N) is 1. The Morgan fingerprint density at radius 3 is 2.72 bits per heavy atom. The highest BCUT2D eigenvalue weighted by molar-refractivity contribution is 7.99. The standard InChI is InChI=1S/C14H19NO2S/c1-9(16)10(2)18-8-12(15)14-7-11-5-3-4-6-13(11)17-14/h3-7,9-10,12,16H,8,15H2,1-2H3. The van der Waals surface area contributed by atoms with Gasteiger partial charge in [0.2, 0.25) is 0 Å². The van der Waals surface area contributed by atoms with Crippen LogP contribution in [-0.4, -0.2) is 22.2 Å². The molecular formula is C14H19NO2S. The summed E-state index contributed by atoms with van der Waals surface area (Å²) in [5.41, 5.74) is 6.98. The molecular weight excluding hydrogens is 246 g/mol. The maximum absolute atomic E-state index is 9.43. The van der Waals surface area contributed by atoms with Crippen molar-refractivity contribution in [2.45, 2.75) is 31.2 Å². The van der Waals surface area contributed by atoms with Gasteiger partial charge < -0.3 is 15.3 Å². The third-order valence-electron chi connectivity index (χ3n) is 3.03. The van der Waals surface area contributed by atoms with E-state index in [0.29, 0.717) is 0 Å². The minimum atomic E-state index is -0.321. The van der Waals surface area contributed by atoms with E-state index in [-0.39, 0.29) is 17.4 Å². The van der Waals surface area contributed by atoms with E-state index in [9.17, 15) is 5.11 Å². The van der Waals surface area contributed by atoms with Gasteiger partial charge in [0, 0.05) is 16.4 Å². The number of hydrogen-bond donors (Lipinski definition) is 2. The third-order valence-corrected chi connectivity index (χ3v) is 4.50. The first-order valence-electron chi connectivity index (χ1n) is 6.11. The van der Waals surface area contributed by atoms with Crippen LogP contribution in [-0.2, 0) is 0 Å². The Morgan fingerprint density at radius 1 is 1.33 bits per heavy atom. The molecule has 1 aromatic carbocycles. The molecule has 18 heavy (non-hydrogen) atoms. The van der Waals surface area contributed by atoms with Crippen LogP contribution in [0.25, 0.3) is 11.0 Å². The number of aliphatic hydroxyl groups is 1. The van der Waals surface area contributed by atoms with Gasteiger partial charge in [-0.2, -0.15) is 11.8 Å². The minimum absolute atomic E-state index is 0.136. The summed E-state index contributed by atoms with van der Waals surface area (Å²) in [6.45, 7) is 3.80. The summed E-state index contributed by atoms with van der Waals surface area (Å²) in [6.07, 6.45) is -0.321. The first-order valence-corrected chi connectivity index (χ1v) is 7.16. The molecule has 0 saturated carbocycles. The number of furan rings is 1. The Kier molecular flexibility index (Phi) is 4.32. The van der Waals surface area contributed by atoms with E-state index in [1.54, 1.807) is 18.7 Å². The molecule has 1 aromatic heterocycles. The first kappa shape index (κ1) is 13.5. The maximum atomic E-state index is 9.43. The van der Waals surface area contributed by atoms with E-state index in [1.807, 2.05) is 37.3 Å². The van der Waals surface area contributed by atoms with Crippen LogP contribution in [0.2, 0.25) is 0 Å². The van der Waals surface area contributed by atoms with E-state index < -0.39 is 0 Å². The van der Waals surface area contributed by atoms with E-state index in [1.165, 1.54) is 0 Å². The fourth-order valence-electron chi connectivity index (χ4n) is 1.66. The molecule has 4 heteroatoms. The van der Waals surface area contributed by atoms with Crippen molar-refractivity contribution in [1.82, 2.24) is 0 Å². The second-order valence-electron chi connectivity index (χ2n) is 4.57. The van der Waals surface area contributed by atoms with Crippen LogP contribution in [0.1, 0.15) is 25.6 Å². The molecule has 0 spiro atoms. The van der Waals surface area contributed by atoms with Crippen LogP contribution in [0, 0.1) is 0 Å². The smallest absolute Gasteiger partial charge is 0.134 e. The lowest BCUT2D eigenvalue weighted by atomic mass is 10.2. The summed E-state index contributed by atoms with van der Waals surface area (Å²) >= 11 is 1.66. The fourth-order valence-corrected chi connectivity index (χ4v) is 2.62. The lowest BCUT2D eigenvalue weighted by molar-refractivity contribution is 0.196. The second-order valence-corrected chi connectivity index (χ2v) is 5.98. The maximum Gasteiger partial charge on any atom is 0.134 e. The van der Waals surface area contributed by atoms with Crippen LogP contribution >= 0.6 is 11.8 Å². The molecule has 0 fully saturated rings. The van der Waals surface area contributed by atoms with Crippen LogP contribution in [0.15, 0.2) is 34.7 Å². The van der Waals surface area contributed by atoms with Crippen molar-refractivity contribution in [1.29, 1.82) is 0 Å². The van der Waals surface area contributed by atoms with Gasteiger partial charge in [-0.1, -0.05) is 25.1 Å². The predicted octanol–water partition coefficient (Wildman–Crippen LogP) is 2.94. The molecule has 0 aliphatic carbocycles. The average molecular weight is 265 g/mol. The lowest BCUT2D eigenvalue weighted by Gasteiger charge is -2.16. The highest BCUT2D eigenvalue weighted by Gasteiger charge is 2.15. The van der Waals surface area contributed by atoms with Crippen LogP contribution < -0.4 is 5.73 Å². The molecule has 3 nitrogen and oxygen atoms in total. The zero-order valence-electron chi connectivity index (χ0n) is 10.7. The molecule has 0 aliphatic heterocycles. The zero-order chi connectivity index (χ0) is 13.1. The van der Waals surface area contributed by atoms with Crippen molar-refractivity contribution in [3.8, 4) is 0 Å². The number of benzene rings is 1. The summed E-state index contributed by atoms with van der Waals surface area (Å²) in [7, 11) is 0. The van der Waals surface area contributed by atoms with Gasteiger partial charge in [0.05, 0.1) is 12.1 Å². The summed E-state index contributed by atoms with van der Waals surface area (Å²) in [4.78, 5) is 0. The van der Waals surface area contributed by atoms with Crippen LogP contribution in [0.4, 0.5) is 0 Å². The van der Waals surface area contributed by atoms with Crippen LogP contribution in [0.5, 0.6) is 0 Å². The predicted molar refractivity (Wildman–Crippen MR) is 76.7 cm³/mol. The van der Waals surface area contributed by atoms with E-state index in [4.69, 9.17) is 10.2 Å². The summed E-state index contributed by atoms with van der Waals surface area (Å²) in [6, 6.07) is 9.75. The summed E-state index contributed by atoms with van der Waals surface area (Å²) in [5, 5.41) is 10.7. The first-order chi connectivity index (χ1) is 8.58. The Balaban J connectivity index is 2.02. The molecule has 0 bridgehead atoms. The second kappa shape index (κ2) is 5.78. The van der Waals surface area contributed by atoms with Gasteiger partial charge in [-0.15, -0.1) is 0 Å². The highest BCUT2D eigenvalue weighted by Crippen LogP contribution is 2.26. The largest absolute Gasteiger partial charge is 0.459 e. The molecule has 0 radical (unpaired) electrons. The molecule has 2 aromatic rings. The molecule has 3 N–H and O–H groups in total. The Morgan fingerprint density at radius 2 is 2.06 bits per heavy atom. The van der Waals surface area contributed by atoms with Gasteiger partial charge in [0.1, 0.15) is 11.3 Å². The molecule has 98 valence electrons. The molecule has 0 aliphatic rings. The van der Waals surface area contributed by atoms with Crippen molar-refractivity contribution in [3.05, 3.63) is 36.1 Å². The number of thioether (sulfide) groups is 1. The Bertz CT molecular complexity index is 476. The zero-order valence-corrected chi connectivity index (χ0v) is 11.5. The van der Waals surface area contributed by atoms with Crippen molar-refractivity contribution >= 4 is 22.7 Å². The topological polar surface area (TPSA) is 59.4 Å². The van der Waals surface area contributed by atoms with E-state index >= 15 is 0 Å². The summed E-state index contributed by atoms with van der Waals surface area (Å²) < 4.78 is 5.72. The molecule has 0 amide bonds. The highest BCUT2D eigenvalue weighted by atomic mass is 32.2. The monoisotopic (exact) mass is 265 g/mol. The fraction of sp³-hybridized carbons (Fsp3) is 0.429. The Labute approximate surface area is 111 Å². The number of hydrogen-bond acceptors (Lipinski definition) is 4. The number of para-hydroxylation sites is 1. The van der Waals surface area contributed by atoms with E-state index in [0.717, 1.165) is 22.5 Å². The minimum Gasteiger partial charge on any atom is -0.459 e. The van der Waals surface area contributed by atoms with Gasteiger partial charge >= 0.3 is 0 Å². The van der Waals surface area contributed by atoms with Gasteiger partial charge in [0.15, 0.2) is 0 Å². The van der Waals surface area contributed by atoms with Gasteiger partial charge in [-0.25, -0.2) is 0 Å². The normalized spacial score (nSPS) is 16.7. The summed E-state index contributed by atoms with van der Waals surface area (Å²) in [5.74, 6) is 1.55. The molecule has 1 heterocycles. The number of rotatable bonds is 5. The van der Waals surface area contributed by atoms with Crippen molar-refractivity contribution < 1.29 is 9.52 Å². The van der Waals surface area contributed by atoms with Gasteiger partial charge in [-0.05, 0) is 19.1 Å². The number of fused-ring (bicyclic) bond motifs is 1. The molecule has 3 unspecified atom stereocenters. The lowest BCUT2D eigenvalue weighted by Crippen LogP contribution is -2.19. The van der Waals surface area contributed by atoms with Crippen molar-refractivity contribution in [3.63, 3.8) is 0 Å². The average Bonchev–Trinajstić information content (AvgIpc) is 2.79. The van der Waals surface area contributed by atoms with Gasteiger partial charge in [-0.3, -0.25) is 0 Å². The number of aliphatic hydroxyl groups excluding tert-OH is 1. The van der Waals surface area contributed by atoms with Crippen LogP contribution in [0.3, 0.4) is 0 Å². The SMILES string of the molecule is CC(O)C(C)SCC(N)c1cc2ccccc2o1. The quantitative estimate of drug-likeness (QED) is 0.872. The molecule has 0 saturated heterocycles. The van der Waals surface area contributed by atoms with E-state index in [2.05, 4.69) is 0 Å². The third kappa shape index (κ3) is 3.07. The van der Waals surface area contributed by atoms with Gasteiger partial charge in [0.25, 0.3) is 0 Å².